The third-order valence-corrected chi connectivity index (χ3v) is 2.79. The number of benzene rings is 1. The van der Waals surface area contributed by atoms with Crippen LogP contribution in [0.5, 0.6) is 0 Å². The molecular weight excluding hydrogens is 202 g/mol. The molecule has 4 nitrogen and oxygen atoms in total. The summed E-state index contributed by atoms with van der Waals surface area (Å²) in [7, 11) is 1.66. The fraction of sp³-hybridized carbons (Fsp3) is 0.417. The Morgan fingerprint density at radius 2 is 2.19 bits per heavy atom. The summed E-state index contributed by atoms with van der Waals surface area (Å²) in [5.74, 6) is 0.0426. The van der Waals surface area contributed by atoms with Crippen LogP contribution in [0.3, 0.4) is 0 Å². The number of carbonyl (C=O) groups excluding carboxylic acids is 1. The number of likely N-dealkylation sites (N-methyl/N-ethyl adjacent to an activating group) is 1. The first-order valence-corrected chi connectivity index (χ1v) is 5.55. The second-order valence-electron chi connectivity index (χ2n) is 4.01. The molecule has 16 heavy (non-hydrogen) atoms. The van der Waals surface area contributed by atoms with Crippen molar-refractivity contribution in [3.8, 4) is 0 Å². The molecule has 0 aromatic heterocycles. The van der Waals surface area contributed by atoms with Crippen LogP contribution < -0.4 is 16.0 Å². The molecule has 1 aliphatic rings. The Morgan fingerprint density at radius 1 is 1.44 bits per heavy atom. The minimum atomic E-state index is 0.0426. The van der Waals surface area contributed by atoms with E-state index in [-0.39, 0.29) is 5.91 Å². The van der Waals surface area contributed by atoms with E-state index in [0.717, 1.165) is 24.3 Å². The lowest BCUT2D eigenvalue weighted by atomic mass is 10.1. The Morgan fingerprint density at radius 3 is 2.81 bits per heavy atom. The molecule has 1 fully saturated rings. The number of carbonyl (C=O) groups is 1. The largest absolute Gasteiger partial charge is 0.380 e. The average molecular weight is 219 g/mol. The molecule has 4 heteroatoms. The third-order valence-electron chi connectivity index (χ3n) is 2.79. The Kier molecular flexibility index (Phi) is 3.41. The van der Waals surface area contributed by atoms with Crippen LogP contribution in [0.2, 0.25) is 0 Å². The van der Waals surface area contributed by atoms with Crippen molar-refractivity contribution < 1.29 is 4.79 Å². The van der Waals surface area contributed by atoms with E-state index in [1.54, 1.807) is 7.05 Å². The predicted octanol–water partition coefficient (Wildman–Crippen LogP) is 0.359. The van der Waals surface area contributed by atoms with Gasteiger partial charge in [0.15, 0.2) is 0 Å². The summed E-state index contributed by atoms with van der Waals surface area (Å²) in [4.78, 5) is 11.4. The highest BCUT2D eigenvalue weighted by Crippen LogP contribution is 2.17. The fourth-order valence-corrected chi connectivity index (χ4v) is 1.69. The highest BCUT2D eigenvalue weighted by Gasteiger charge is 2.17. The third kappa shape index (κ3) is 2.52. The van der Waals surface area contributed by atoms with Crippen LogP contribution >= 0.6 is 0 Å². The fourth-order valence-electron chi connectivity index (χ4n) is 1.69. The molecule has 3 N–H and O–H groups in total. The molecule has 0 spiro atoms. The van der Waals surface area contributed by atoms with Gasteiger partial charge in [-0.3, -0.25) is 4.79 Å². The molecule has 0 saturated carbocycles. The number of hydrogen-bond donors (Lipinski definition) is 3. The standard InChI is InChI=1S/C12H17N3O/c1-13-12(16)6-9-4-2-3-5-11(9)15-10-7-14-8-10/h2-5,10,14-15H,6-8H2,1H3,(H,13,16). The molecule has 1 aliphatic heterocycles. The highest BCUT2D eigenvalue weighted by atomic mass is 16.1. The number of anilines is 1. The van der Waals surface area contributed by atoms with Gasteiger partial charge in [0.2, 0.25) is 5.91 Å². The summed E-state index contributed by atoms with van der Waals surface area (Å²) < 4.78 is 0. The Labute approximate surface area is 95.4 Å². The van der Waals surface area contributed by atoms with Gasteiger partial charge >= 0.3 is 0 Å². The molecule has 2 rings (SSSR count). The molecule has 1 heterocycles. The van der Waals surface area contributed by atoms with E-state index >= 15 is 0 Å². The van der Waals surface area contributed by atoms with E-state index in [1.165, 1.54) is 0 Å². The zero-order valence-electron chi connectivity index (χ0n) is 9.42. The van der Waals surface area contributed by atoms with E-state index in [0.29, 0.717) is 12.5 Å². The van der Waals surface area contributed by atoms with E-state index in [1.807, 2.05) is 24.3 Å². The number of hydrogen-bond acceptors (Lipinski definition) is 3. The second kappa shape index (κ2) is 4.99. The number of nitrogens with one attached hydrogen (secondary N) is 3. The van der Waals surface area contributed by atoms with Crippen molar-refractivity contribution in [1.29, 1.82) is 0 Å². The minimum Gasteiger partial charge on any atom is -0.380 e. The van der Waals surface area contributed by atoms with Crippen LogP contribution in [0.15, 0.2) is 24.3 Å². The molecule has 1 amide bonds. The molecule has 0 unspecified atom stereocenters. The van der Waals surface area contributed by atoms with Gasteiger partial charge in [0.05, 0.1) is 12.5 Å². The van der Waals surface area contributed by atoms with Crippen LogP contribution in [0.4, 0.5) is 5.69 Å². The first-order valence-electron chi connectivity index (χ1n) is 5.55. The van der Waals surface area contributed by atoms with Crippen molar-refractivity contribution in [3.63, 3.8) is 0 Å². The van der Waals surface area contributed by atoms with Crippen molar-refractivity contribution in [2.45, 2.75) is 12.5 Å². The lowest BCUT2D eigenvalue weighted by Gasteiger charge is -2.29. The van der Waals surface area contributed by atoms with Crippen molar-refractivity contribution in [2.75, 3.05) is 25.5 Å². The zero-order chi connectivity index (χ0) is 11.4. The topological polar surface area (TPSA) is 53.2 Å². The molecule has 0 bridgehead atoms. The Hall–Kier alpha value is -1.55. The van der Waals surface area contributed by atoms with E-state index in [4.69, 9.17) is 0 Å². The van der Waals surface area contributed by atoms with Crippen molar-refractivity contribution in [3.05, 3.63) is 29.8 Å². The van der Waals surface area contributed by atoms with Gasteiger partial charge < -0.3 is 16.0 Å². The number of para-hydroxylation sites is 1. The molecule has 0 atom stereocenters. The molecular formula is C12H17N3O. The van der Waals surface area contributed by atoms with Gasteiger partial charge in [0.1, 0.15) is 0 Å². The quantitative estimate of drug-likeness (QED) is 0.685. The van der Waals surface area contributed by atoms with E-state index in [2.05, 4.69) is 16.0 Å². The predicted molar refractivity (Wildman–Crippen MR) is 64.5 cm³/mol. The molecule has 0 aliphatic carbocycles. The van der Waals surface area contributed by atoms with Crippen LogP contribution in [0, 0.1) is 0 Å². The van der Waals surface area contributed by atoms with Crippen molar-refractivity contribution in [2.24, 2.45) is 0 Å². The van der Waals surface area contributed by atoms with Gasteiger partial charge in [-0.2, -0.15) is 0 Å². The maximum Gasteiger partial charge on any atom is 0.224 e. The molecule has 86 valence electrons. The van der Waals surface area contributed by atoms with Gasteiger partial charge in [0.25, 0.3) is 0 Å². The van der Waals surface area contributed by atoms with Gasteiger partial charge in [-0.1, -0.05) is 18.2 Å². The SMILES string of the molecule is CNC(=O)Cc1ccccc1NC1CNC1. The summed E-state index contributed by atoms with van der Waals surface area (Å²) >= 11 is 0. The second-order valence-corrected chi connectivity index (χ2v) is 4.01. The first kappa shape index (κ1) is 11.0. The summed E-state index contributed by atoms with van der Waals surface area (Å²) in [6.45, 7) is 1.99. The van der Waals surface area contributed by atoms with Gasteiger partial charge in [-0.15, -0.1) is 0 Å². The van der Waals surface area contributed by atoms with Crippen LogP contribution in [-0.2, 0) is 11.2 Å². The highest BCUT2D eigenvalue weighted by molar-refractivity contribution is 5.80. The molecule has 1 aromatic carbocycles. The summed E-state index contributed by atoms with van der Waals surface area (Å²) in [5.41, 5.74) is 2.12. The average Bonchev–Trinajstić information content (AvgIpc) is 2.25. The maximum atomic E-state index is 11.4. The lowest BCUT2D eigenvalue weighted by Crippen LogP contribution is -2.51. The van der Waals surface area contributed by atoms with Gasteiger partial charge in [-0.25, -0.2) is 0 Å². The van der Waals surface area contributed by atoms with E-state index in [9.17, 15) is 4.79 Å². The maximum absolute atomic E-state index is 11.4. The summed E-state index contributed by atoms with van der Waals surface area (Å²) in [6, 6.07) is 8.45. The minimum absolute atomic E-state index is 0.0426. The monoisotopic (exact) mass is 219 g/mol. The normalized spacial score (nSPS) is 15.3. The molecule has 0 radical (unpaired) electrons. The van der Waals surface area contributed by atoms with E-state index < -0.39 is 0 Å². The van der Waals surface area contributed by atoms with Crippen LogP contribution in [-0.4, -0.2) is 32.1 Å². The smallest absolute Gasteiger partial charge is 0.224 e. The lowest BCUT2D eigenvalue weighted by molar-refractivity contribution is -0.119. The van der Waals surface area contributed by atoms with Crippen LogP contribution in [0.25, 0.3) is 0 Å². The first-order chi connectivity index (χ1) is 7.79. The number of amides is 1. The van der Waals surface area contributed by atoms with Crippen molar-refractivity contribution in [1.82, 2.24) is 10.6 Å². The number of rotatable bonds is 4. The Balaban J connectivity index is 2.06. The van der Waals surface area contributed by atoms with Crippen LogP contribution in [0.1, 0.15) is 5.56 Å². The van der Waals surface area contributed by atoms with Gasteiger partial charge in [-0.05, 0) is 11.6 Å². The zero-order valence-corrected chi connectivity index (χ0v) is 9.42. The summed E-state index contributed by atoms with van der Waals surface area (Å²) in [6.07, 6.45) is 0.430. The summed E-state index contributed by atoms with van der Waals surface area (Å²) in [5, 5.41) is 9.29. The molecule has 1 aromatic rings. The Bertz CT molecular complexity index is 374. The van der Waals surface area contributed by atoms with Gasteiger partial charge in [0, 0.05) is 25.8 Å². The molecule has 1 saturated heterocycles. The van der Waals surface area contributed by atoms with Crippen molar-refractivity contribution >= 4 is 11.6 Å².